The smallest absolute Gasteiger partial charge is 0.164 e. The maximum Gasteiger partial charge on any atom is 0.164 e. The summed E-state index contributed by atoms with van der Waals surface area (Å²) < 4.78 is 0. The van der Waals surface area contributed by atoms with E-state index < -0.39 is 0 Å². The predicted octanol–water partition coefficient (Wildman–Crippen LogP) is 3.85. The van der Waals surface area contributed by atoms with Gasteiger partial charge in [-0.1, -0.05) is 23.7 Å². The maximum atomic E-state index is 11.6. The normalized spacial score (nSPS) is 10.2. The van der Waals surface area contributed by atoms with Crippen LogP contribution in [0.4, 0.5) is 0 Å². The molecule has 0 atom stereocenters. The van der Waals surface area contributed by atoms with Gasteiger partial charge in [-0.2, -0.15) is 0 Å². The van der Waals surface area contributed by atoms with Crippen LogP contribution in [0.15, 0.2) is 18.2 Å². The van der Waals surface area contributed by atoms with Gasteiger partial charge in [-0.15, -0.1) is 11.6 Å². The van der Waals surface area contributed by atoms with Crippen LogP contribution in [0.3, 0.4) is 0 Å². The first-order chi connectivity index (χ1) is 6.66. The molecule has 0 heterocycles. The molecular formula is C11H12Cl2O. The Labute approximate surface area is 94.0 Å². The second-order valence-corrected chi connectivity index (χ2v) is 3.91. The van der Waals surface area contributed by atoms with Crippen LogP contribution in [0.25, 0.3) is 0 Å². The van der Waals surface area contributed by atoms with E-state index >= 15 is 0 Å². The highest BCUT2D eigenvalue weighted by molar-refractivity contribution is 6.34. The van der Waals surface area contributed by atoms with Crippen LogP contribution in [0.2, 0.25) is 5.02 Å². The van der Waals surface area contributed by atoms with Crippen molar-refractivity contribution in [2.75, 3.05) is 5.88 Å². The Morgan fingerprint density at radius 1 is 1.43 bits per heavy atom. The molecule has 0 radical (unpaired) electrons. The largest absolute Gasteiger partial charge is 0.294 e. The Kier molecular flexibility index (Phi) is 4.43. The molecule has 0 amide bonds. The van der Waals surface area contributed by atoms with Crippen molar-refractivity contribution in [2.24, 2.45) is 0 Å². The number of hydrogen-bond acceptors (Lipinski definition) is 1. The highest BCUT2D eigenvalue weighted by atomic mass is 35.5. The van der Waals surface area contributed by atoms with E-state index in [4.69, 9.17) is 23.2 Å². The van der Waals surface area contributed by atoms with E-state index in [1.54, 1.807) is 6.07 Å². The molecule has 0 N–H and O–H groups in total. The number of Topliss-reactive ketones (excluding diaryl/α,β-unsaturated/α-hetero) is 1. The lowest BCUT2D eigenvalue weighted by molar-refractivity contribution is 0.0982. The van der Waals surface area contributed by atoms with Crippen molar-refractivity contribution in [1.82, 2.24) is 0 Å². The highest BCUT2D eigenvalue weighted by Crippen LogP contribution is 2.21. The van der Waals surface area contributed by atoms with Crippen LogP contribution in [-0.2, 0) is 0 Å². The lowest BCUT2D eigenvalue weighted by atomic mass is 10.0. The molecule has 0 saturated heterocycles. The van der Waals surface area contributed by atoms with Crippen LogP contribution in [0, 0.1) is 6.92 Å². The fourth-order valence-electron chi connectivity index (χ4n) is 1.22. The van der Waals surface area contributed by atoms with Gasteiger partial charge in [0.25, 0.3) is 0 Å². The Bertz CT molecular complexity index is 334. The average Bonchev–Trinajstić information content (AvgIpc) is 2.18. The van der Waals surface area contributed by atoms with E-state index in [2.05, 4.69) is 0 Å². The molecule has 1 aromatic rings. The molecule has 0 unspecified atom stereocenters. The summed E-state index contributed by atoms with van der Waals surface area (Å²) in [5.41, 5.74) is 1.54. The van der Waals surface area contributed by atoms with Gasteiger partial charge in [-0.25, -0.2) is 0 Å². The van der Waals surface area contributed by atoms with Crippen LogP contribution in [0.5, 0.6) is 0 Å². The van der Waals surface area contributed by atoms with E-state index in [0.29, 0.717) is 29.3 Å². The molecule has 1 aromatic carbocycles. The molecule has 0 bridgehead atoms. The lowest BCUT2D eigenvalue weighted by Gasteiger charge is -2.04. The van der Waals surface area contributed by atoms with Gasteiger partial charge in [0.1, 0.15) is 0 Å². The summed E-state index contributed by atoms with van der Waals surface area (Å²) >= 11 is 11.5. The average molecular weight is 231 g/mol. The van der Waals surface area contributed by atoms with Crippen molar-refractivity contribution in [1.29, 1.82) is 0 Å². The molecule has 0 aromatic heterocycles. The standard InChI is InChI=1S/C11H12Cl2O/c1-8-4-2-5-9(11(8)13)10(14)6-3-7-12/h2,4-5H,3,6-7H2,1H3. The monoisotopic (exact) mass is 230 g/mol. The second-order valence-electron chi connectivity index (χ2n) is 3.15. The fraction of sp³-hybridized carbons (Fsp3) is 0.364. The molecule has 0 saturated carbocycles. The minimum absolute atomic E-state index is 0.0688. The summed E-state index contributed by atoms with van der Waals surface area (Å²) in [7, 11) is 0. The topological polar surface area (TPSA) is 17.1 Å². The van der Waals surface area contributed by atoms with Crippen LogP contribution in [0.1, 0.15) is 28.8 Å². The van der Waals surface area contributed by atoms with Crippen LogP contribution >= 0.6 is 23.2 Å². The molecule has 0 aliphatic carbocycles. The van der Waals surface area contributed by atoms with Crippen molar-refractivity contribution in [3.8, 4) is 0 Å². The van der Waals surface area contributed by atoms with E-state index in [1.807, 2.05) is 19.1 Å². The van der Waals surface area contributed by atoms with Gasteiger partial charge >= 0.3 is 0 Å². The number of carbonyl (C=O) groups is 1. The first-order valence-electron chi connectivity index (χ1n) is 4.51. The quantitative estimate of drug-likeness (QED) is 0.568. The zero-order chi connectivity index (χ0) is 10.6. The molecule has 1 rings (SSSR count). The third kappa shape index (κ3) is 2.73. The van der Waals surface area contributed by atoms with Crippen LogP contribution < -0.4 is 0 Å². The molecule has 0 aliphatic heterocycles. The zero-order valence-corrected chi connectivity index (χ0v) is 9.53. The molecule has 1 nitrogen and oxygen atoms in total. The van der Waals surface area contributed by atoms with Gasteiger partial charge in [0, 0.05) is 17.9 Å². The van der Waals surface area contributed by atoms with Gasteiger partial charge in [0.15, 0.2) is 5.78 Å². The predicted molar refractivity (Wildman–Crippen MR) is 60.5 cm³/mol. The number of benzene rings is 1. The summed E-state index contributed by atoms with van der Waals surface area (Å²) in [5.74, 6) is 0.578. The minimum atomic E-state index is 0.0688. The third-order valence-electron chi connectivity index (χ3n) is 2.03. The minimum Gasteiger partial charge on any atom is -0.294 e. The molecule has 0 spiro atoms. The Hall–Kier alpha value is -0.530. The Morgan fingerprint density at radius 2 is 2.14 bits per heavy atom. The van der Waals surface area contributed by atoms with Gasteiger partial charge in [-0.3, -0.25) is 4.79 Å². The molecular weight excluding hydrogens is 219 g/mol. The first kappa shape index (κ1) is 11.5. The van der Waals surface area contributed by atoms with Crippen molar-refractivity contribution in [2.45, 2.75) is 19.8 Å². The van der Waals surface area contributed by atoms with E-state index in [9.17, 15) is 4.79 Å². The Balaban J connectivity index is 2.84. The number of carbonyl (C=O) groups excluding carboxylic acids is 1. The van der Waals surface area contributed by atoms with Gasteiger partial charge < -0.3 is 0 Å². The number of hydrogen-bond donors (Lipinski definition) is 0. The summed E-state index contributed by atoms with van der Waals surface area (Å²) in [6.07, 6.45) is 1.16. The van der Waals surface area contributed by atoms with E-state index in [1.165, 1.54) is 0 Å². The van der Waals surface area contributed by atoms with Crippen molar-refractivity contribution in [3.05, 3.63) is 34.3 Å². The summed E-state index contributed by atoms with van der Waals surface area (Å²) in [6, 6.07) is 5.49. The number of rotatable bonds is 4. The lowest BCUT2D eigenvalue weighted by Crippen LogP contribution is -2.01. The molecule has 14 heavy (non-hydrogen) atoms. The summed E-state index contributed by atoms with van der Waals surface area (Å²) in [5, 5.41) is 0.562. The molecule has 0 fully saturated rings. The highest BCUT2D eigenvalue weighted by Gasteiger charge is 2.10. The summed E-state index contributed by atoms with van der Waals surface area (Å²) in [4.78, 5) is 11.6. The maximum absolute atomic E-state index is 11.6. The van der Waals surface area contributed by atoms with Crippen LogP contribution in [-0.4, -0.2) is 11.7 Å². The molecule has 0 aliphatic rings. The molecule has 3 heteroatoms. The fourth-order valence-corrected chi connectivity index (χ4v) is 1.59. The van der Waals surface area contributed by atoms with Gasteiger partial charge in [0.05, 0.1) is 5.02 Å². The van der Waals surface area contributed by atoms with Crippen molar-refractivity contribution >= 4 is 29.0 Å². The number of ketones is 1. The van der Waals surface area contributed by atoms with E-state index in [0.717, 1.165) is 5.56 Å². The first-order valence-corrected chi connectivity index (χ1v) is 5.42. The summed E-state index contributed by atoms with van der Waals surface area (Å²) in [6.45, 7) is 1.89. The SMILES string of the molecule is Cc1cccc(C(=O)CCCCl)c1Cl. The zero-order valence-electron chi connectivity index (χ0n) is 8.02. The second kappa shape index (κ2) is 5.38. The Morgan fingerprint density at radius 3 is 2.79 bits per heavy atom. The third-order valence-corrected chi connectivity index (χ3v) is 2.80. The number of aryl methyl sites for hydroxylation is 1. The number of halogens is 2. The van der Waals surface area contributed by atoms with Gasteiger partial charge in [-0.05, 0) is 25.0 Å². The van der Waals surface area contributed by atoms with Crippen molar-refractivity contribution < 1.29 is 4.79 Å². The van der Waals surface area contributed by atoms with Crippen molar-refractivity contribution in [3.63, 3.8) is 0 Å². The van der Waals surface area contributed by atoms with E-state index in [-0.39, 0.29) is 5.78 Å². The number of alkyl halides is 1. The molecule has 76 valence electrons. The van der Waals surface area contributed by atoms with Gasteiger partial charge in [0.2, 0.25) is 0 Å².